The van der Waals surface area contributed by atoms with Gasteiger partial charge in [-0.05, 0) is 12.1 Å². The van der Waals surface area contributed by atoms with Gasteiger partial charge in [-0.25, -0.2) is 4.98 Å². The van der Waals surface area contributed by atoms with Crippen molar-refractivity contribution >= 4 is 39.1 Å². The molecule has 0 aliphatic carbocycles. The van der Waals surface area contributed by atoms with Gasteiger partial charge in [-0.3, -0.25) is 0 Å². The number of para-hydroxylation sites is 1. The van der Waals surface area contributed by atoms with E-state index in [2.05, 4.69) is 15.6 Å². The number of rotatable bonds is 3. The zero-order valence-electron chi connectivity index (χ0n) is 10.3. The lowest BCUT2D eigenvalue weighted by Crippen LogP contribution is -2.17. The second kappa shape index (κ2) is 6.20. The van der Waals surface area contributed by atoms with Crippen LogP contribution in [0.25, 0.3) is 10.2 Å². The van der Waals surface area contributed by atoms with E-state index in [1.165, 1.54) is 23.5 Å². The topological polar surface area (TPSA) is 25.4 Å². The molecule has 20 heavy (non-hydrogen) atoms. The van der Waals surface area contributed by atoms with Gasteiger partial charge in [0.15, 0.2) is 10.9 Å². The van der Waals surface area contributed by atoms with Gasteiger partial charge in [0.1, 0.15) is 5.52 Å². The summed E-state index contributed by atoms with van der Waals surface area (Å²) in [5, 5.41) is 0.547. The number of anilines is 1. The fraction of sp³-hybridized carbons (Fsp3) is 0.250. The predicted molar refractivity (Wildman–Crippen MR) is 75.7 cm³/mol. The molecule has 2 aromatic rings. The molecule has 108 valence electrons. The molecule has 3 nitrogen and oxygen atoms in total. The van der Waals surface area contributed by atoms with Gasteiger partial charge in [0.25, 0.3) is 0 Å². The molecule has 2 rings (SSSR count). The van der Waals surface area contributed by atoms with Crippen LogP contribution >= 0.6 is 23.7 Å². The van der Waals surface area contributed by atoms with Gasteiger partial charge < -0.3 is 9.64 Å². The highest BCUT2D eigenvalue weighted by Gasteiger charge is 2.32. The van der Waals surface area contributed by atoms with E-state index in [1.807, 2.05) is 0 Å². The fourth-order valence-corrected chi connectivity index (χ4v) is 2.43. The molecule has 0 saturated carbocycles. The Morgan fingerprint density at radius 2 is 2.15 bits per heavy atom. The highest BCUT2D eigenvalue weighted by molar-refractivity contribution is 7.22. The number of hydrogen-bond donors (Lipinski definition) is 0. The largest absolute Gasteiger partial charge is 0.573 e. The van der Waals surface area contributed by atoms with E-state index in [0.29, 0.717) is 16.4 Å². The van der Waals surface area contributed by atoms with E-state index in [1.54, 1.807) is 18.0 Å². The number of benzene rings is 1. The molecule has 0 radical (unpaired) electrons. The molecule has 0 saturated heterocycles. The Hall–Kier alpha value is -1.65. The summed E-state index contributed by atoms with van der Waals surface area (Å²) >= 11 is 1.26. The smallest absolute Gasteiger partial charge is 0.403 e. The van der Waals surface area contributed by atoms with Crippen molar-refractivity contribution in [3.63, 3.8) is 0 Å². The molecule has 8 heteroatoms. The second-order valence-corrected chi connectivity index (χ2v) is 4.72. The Morgan fingerprint density at radius 1 is 1.45 bits per heavy atom. The minimum Gasteiger partial charge on any atom is -0.403 e. The highest BCUT2D eigenvalue weighted by Crippen LogP contribution is 2.35. The van der Waals surface area contributed by atoms with Crippen LogP contribution in [0.2, 0.25) is 0 Å². The van der Waals surface area contributed by atoms with Crippen molar-refractivity contribution in [2.45, 2.75) is 6.36 Å². The summed E-state index contributed by atoms with van der Waals surface area (Å²) in [4.78, 5) is 5.82. The Balaban J connectivity index is 0.00000200. The first-order valence-electron chi connectivity index (χ1n) is 5.20. The number of fused-ring (bicyclic) bond motifs is 1. The standard InChI is InChI=1S/C12H9F3N2OS.ClH/c1-3-7-17(2)11-16-10-8(18-12(13,14)15)5-4-6-9(10)19-11;/h1,4-6H,7H2,2H3;1H. The summed E-state index contributed by atoms with van der Waals surface area (Å²) in [6.07, 6.45) is 0.453. The Labute approximate surface area is 123 Å². The molecular formula is C12H10ClF3N2OS. The van der Waals surface area contributed by atoms with Crippen molar-refractivity contribution in [2.24, 2.45) is 0 Å². The number of halogens is 4. The van der Waals surface area contributed by atoms with Crippen LogP contribution in [0.4, 0.5) is 18.3 Å². The first kappa shape index (κ1) is 16.4. The van der Waals surface area contributed by atoms with Gasteiger partial charge in [0, 0.05) is 7.05 Å². The van der Waals surface area contributed by atoms with Gasteiger partial charge in [-0.1, -0.05) is 23.3 Å². The van der Waals surface area contributed by atoms with Crippen LogP contribution in [0.3, 0.4) is 0 Å². The zero-order valence-corrected chi connectivity index (χ0v) is 11.9. The number of ether oxygens (including phenoxy) is 1. The monoisotopic (exact) mass is 322 g/mol. The first-order valence-corrected chi connectivity index (χ1v) is 6.02. The SMILES string of the molecule is C#CCN(C)c1nc2c(OC(F)(F)F)cccc2s1.Cl. The molecular weight excluding hydrogens is 313 g/mol. The number of thiazole rings is 1. The molecule has 1 heterocycles. The van der Waals surface area contributed by atoms with Crippen molar-refractivity contribution in [1.82, 2.24) is 4.98 Å². The molecule has 0 unspecified atom stereocenters. The van der Waals surface area contributed by atoms with Crippen LogP contribution in [0, 0.1) is 12.3 Å². The number of nitrogens with zero attached hydrogens (tertiary/aromatic N) is 2. The van der Waals surface area contributed by atoms with Gasteiger partial charge in [0.05, 0.1) is 11.2 Å². The third-order valence-electron chi connectivity index (χ3n) is 2.25. The lowest BCUT2D eigenvalue weighted by molar-refractivity contribution is -0.274. The third kappa shape index (κ3) is 3.68. The molecule has 0 spiro atoms. The van der Waals surface area contributed by atoms with Crippen molar-refractivity contribution < 1.29 is 17.9 Å². The van der Waals surface area contributed by atoms with Crippen LogP contribution in [0.1, 0.15) is 0 Å². The van der Waals surface area contributed by atoms with E-state index >= 15 is 0 Å². The van der Waals surface area contributed by atoms with Crippen molar-refractivity contribution in [3.8, 4) is 18.1 Å². The number of hydrogen-bond acceptors (Lipinski definition) is 4. The van der Waals surface area contributed by atoms with Crippen LogP contribution in [-0.2, 0) is 0 Å². The molecule has 0 aliphatic heterocycles. The Kier molecular flexibility index (Phi) is 5.09. The molecule has 0 atom stereocenters. The summed E-state index contributed by atoms with van der Waals surface area (Å²) in [7, 11) is 1.72. The maximum absolute atomic E-state index is 12.3. The first-order chi connectivity index (χ1) is 8.90. The third-order valence-corrected chi connectivity index (χ3v) is 3.39. The van der Waals surface area contributed by atoms with Crippen LogP contribution in [0.15, 0.2) is 18.2 Å². The van der Waals surface area contributed by atoms with E-state index in [0.717, 1.165) is 0 Å². The van der Waals surface area contributed by atoms with Crippen molar-refractivity contribution in [2.75, 3.05) is 18.5 Å². The van der Waals surface area contributed by atoms with Crippen LogP contribution in [0.5, 0.6) is 5.75 Å². The van der Waals surface area contributed by atoms with E-state index in [4.69, 9.17) is 6.42 Å². The fourth-order valence-electron chi connectivity index (χ4n) is 1.49. The van der Waals surface area contributed by atoms with Crippen LogP contribution in [-0.4, -0.2) is 24.9 Å². The lowest BCUT2D eigenvalue weighted by Gasteiger charge is -2.10. The van der Waals surface area contributed by atoms with Gasteiger partial charge in [0.2, 0.25) is 0 Å². The average Bonchev–Trinajstić information content (AvgIpc) is 2.72. The summed E-state index contributed by atoms with van der Waals surface area (Å²) in [6, 6.07) is 4.41. The summed E-state index contributed by atoms with van der Waals surface area (Å²) in [5.41, 5.74) is 0.184. The van der Waals surface area contributed by atoms with Gasteiger partial charge in [-0.15, -0.1) is 32.0 Å². The highest BCUT2D eigenvalue weighted by atomic mass is 35.5. The van der Waals surface area contributed by atoms with E-state index in [-0.39, 0.29) is 23.7 Å². The van der Waals surface area contributed by atoms with Gasteiger partial charge in [-0.2, -0.15) is 0 Å². The summed E-state index contributed by atoms with van der Waals surface area (Å²) < 4.78 is 41.4. The molecule has 0 N–H and O–H groups in total. The maximum atomic E-state index is 12.3. The minimum absolute atomic E-state index is 0. The summed E-state index contributed by atoms with van der Waals surface area (Å²) in [5.74, 6) is 2.14. The Bertz CT molecular complexity index is 636. The Morgan fingerprint density at radius 3 is 2.75 bits per heavy atom. The summed E-state index contributed by atoms with van der Waals surface area (Å²) in [6.45, 7) is 0.329. The number of alkyl halides is 3. The molecule has 1 aromatic heterocycles. The average molecular weight is 323 g/mol. The second-order valence-electron chi connectivity index (χ2n) is 3.71. The van der Waals surface area contributed by atoms with Crippen molar-refractivity contribution in [1.29, 1.82) is 0 Å². The predicted octanol–water partition coefficient (Wildman–Crippen LogP) is 3.69. The molecule has 0 bridgehead atoms. The minimum atomic E-state index is -4.73. The van der Waals surface area contributed by atoms with Crippen LogP contribution < -0.4 is 9.64 Å². The maximum Gasteiger partial charge on any atom is 0.573 e. The number of aromatic nitrogens is 1. The van der Waals surface area contributed by atoms with Crippen molar-refractivity contribution in [3.05, 3.63) is 18.2 Å². The normalized spacial score (nSPS) is 10.8. The molecule has 1 aromatic carbocycles. The lowest BCUT2D eigenvalue weighted by atomic mass is 10.3. The van der Waals surface area contributed by atoms with E-state index in [9.17, 15) is 13.2 Å². The quantitative estimate of drug-likeness (QED) is 0.806. The molecule has 0 amide bonds. The molecule has 0 fully saturated rings. The van der Waals surface area contributed by atoms with E-state index < -0.39 is 6.36 Å². The number of terminal acetylenes is 1. The molecule has 0 aliphatic rings. The zero-order chi connectivity index (χ0) is 14.0. The van der Waals surface area contributed by atoms with Gasteiger partial charge >= 0.3 is 6.36 Å².